The Hall–Kier alpha value is -1.12. The van der Waals surface area contributed by atoms with Crippen LogP contribution in [0.2, 0.25) is 0 Å². The highest BCUT2D eigenvalue weighted by atomic mass is 16.1. The van der Waals surface area contributed by atoms with Crippen molar-refractivity contribution in [1.82, 2.24) is 5.32 Å². The van der Waals surface area contributed by atoms with Gasteiger partial charge in [0.25, 0.3) is 0 Å². The molecule has 1 aliphatic heterocycles. The first-order valence-corrected chi connectivity index (χ1v) is 6.25. The van der Waals surface area contributed by atoms with Crippen LogP contribution in [0.4, 0.5) is 0 Å². The molecule has 0 aromatic heterocycles. The maximum absolute atomic E-state index is 11.6. The molecule has 0 bridgehead atoms. The van der Waals surface area contributed by atoms with E-state index in [-0.39, 0.29) is 5.91 Å². The Morgan fingerprint density at radius 3 is 3.12 bits per heavy atom. The van der Waals surface area contributed by atoms with Crippen LogP contribution in [0.3, 0.4) is 0 Å². The van der Waals surface area contributed by atoms with Crippen LogP contribution in [0.25, 0.3) is 0 Å². The molecule has 0 radical (unpaired) electrons. The van der Waals surface area contributed by atoms with E-state index in [0.717, 1.165) is 37.8 Å². The second kappa shape index (κ2) is 7.20. The zero-order valence-corrected chi connectivity index (χ0v) is 10.3. The Kier molecular flexibility index (Phi) is 5.83. The number of nitrogens with zero attached hydrogens (tertiary/aromatic N) is 1. The Morgan fingerprint density at radius 1 is 1.56 bits per heavy atom. The predicted molar refractivity (Wildman–Crippen MR) is 67.6 cm³/mol. The number of amides is 1. The molecule has 0 aromatic rings. The van der Waals surface area contributed by atoms with E-state index in [1.165, 1.54) is 0 Å². The summed E-state index contributed by atoms with van der Waals surface area (Å²) in [6.07, 6.45) is 9.77. The number of nitrogens with one attached hydrogen (secondary N) is 1. The summed E-state index contributed by atoms with van der Waals surface area (Å²) in [7, 11) is 0. The average molecular weight is 222 g/mol. The molecule has 16 heavy (non-hydrogen) atoms. The van der Waals surface area contributed by atoms with Crippen LogP contribution in [0.15, 0.2) is 16.8 Å². The topological polar surface area (TPSA) is 41.5 Å². The van der Waals surface area contributed by atoms with E-state index < -0.39 is 0 Å². The monoisotopic (exact) mass is 222 g/mol. The Bertz CT molecular complexity index is 282. The van der Waals surface area contributed by atoms with Crippen molar-refractivity contribution in [2.75, 3.05) is 0 Å². The van der Waals surface area contributed by atoms with Crippen molar-refractivity contribution in [3.63, 3.8) is 0 Å². The van der Waals surface area contributed by atoms with Gasteiger partial charge in [-0.25, -0.2) is 0 Å². The molecular formula is C13H22N2O. The van der Waals surface area contributed by atoms with E-state index in [9.17, 15) is 4.79 Å². The first-order valence-electron chi connectivity index (χ1n) is 6.25. The molecule has 1 unspecified atom stereocenters. The molecule has 0 aliphatic carbocycles. The van der Waals surface area contributed by atoms with E-state index in [1.54, 1.807) is 6.21 Å². The summed E-state index contributed by atoms with van der Waals surface area (Å²) in [6.45, 7) is 4.23. The fourth-order valence-electron chi connectivity index (χ4n) is 1.66. The van der Waals surface area contributed by atoms with Gasteiger partial charge in [-0.2, -0.15) is 0 Å². The fourth-order valence-corrected chi connectivity index (χ4v) is 1.66. The van der Waals surface area contributed by atoms with Crippen LogP contribution in [-0.2, 0) is 4.79 Å². The van der Waals surface area contributed by atoms with Gasteiger partial charge in [0.05, 0.1) is 5.70 Å². The molecule has 0 fully saturated rings. The molecule has 3 heteroatoms. The molecule has 0 saturated heterocycles. The minimum Gasteiger partial charge on any atom is -0.325 e. The van der Waals surface area contributed by atoms with Gasteiger partial charge in [0, 0.05) is 18.7 Å². The highest BCUT2D eigenvalue weighted by Gasteiger charge is 2.06. The largest absolute Gasteiger partial charge is 0.325 e. The molecule has 0 saturated carbocycles. The summed E-state index contributed by atoms with van der Waals surface area (Å²) in [6, 6.07) is 0.366. The summed E-state index contributed by atoms with van der Waals surface area (Å²) in [5, 5.41) is 2.91. The number of rotatable bonds is 5. The van der Waals surface area contributed by atoms with E-state index in [2.05, 4.69) is 30.2 Å². The van der Waals surface area contributed by atoms with Gasteiger partial charge in [-0.3, -0.25) is 9.79 Å². The summed E-state index contributed by atoms with van der Waals surface area (Å²) in [5.41, 5.74) is 0.867. The van der Waals surface area contributed by atoms with Gasteiger partial charge in [-0.05, 0) is 26.2 Å². The number of allylic oxidation sites excluding steroid dienone is 2. The average Bonchev–Trinajstić information content (AvgIpc) is 2.44. The van der Waals surface area contributed by atoms with E-state index >= 15 is 0 Å². The third-order valence-corrected chi connectivity index (χ3v) is 2.71. The Balaban J connectivity index is 2.32. The maximum atomic E-state index is 11.6. The number of carbonyl (C=O) groups excluding carboxylic acids is 1. The lowest BCUT2D eigenvalue weighted by Gasteiger charge is -2.04. The van der Waals surface area contributed by atoms with Crippen molar-refractivity contribution >= 4 is 12.1 Å². The highest BCUT2D eigenvalue weighted by molar-refractivity contribution is 5.88. The first-order chi connectivity index (χ1) is 7.72. The second-order valence-electron chi connectivity index (χ2n) is 4.37. The van der Waals surface area contributed by atoms with Crippen molar-refractivity contribution in [1.29, 1.82) is 0 Å². The van der Waals surface area contributed by atoms with Gasteiger partial charge in [0.15, 0.2) is 0 Å². The molecule has 3 nitrogen and oxygen atoms in total. The van der Waals surface area contributed by atoms with E-state index in [1.807, 2.05) is 0 Å². The molecule has 1 rings (SSSR count). The van der Waals surface area contributed by atoms with Crippen LogP contribution in [0.1, 0.15) is 52.4 Å². The molecule has 1 amide bonds. The standard InChI is InChI=1S/C13H22N2O/c1-3-4-5-9-13(16)15-12-8-6-7-11(2)14-10-12/h8,10-11H,3-7,9H2,1-2H3,(H,15,16). The third-order valence-electron chi connectivity index (χ3n) is 2.71. The number of hydrogen-bond acceptors (Lipinski definition) is 2. The van der Waals surface area contributed by atoms with Gasteiger partial charge in [0.1, 0.15) is 0 Å². The summed E-state index contributed by atoms with van der Waals surface area (Å²) in [5.74, 6) is 0.112. The van der Waals surface area contributed by atoms with Gasteiger partial charge in [-0.1, -0.05) is 25.8 Å². The highest BCUT2D eigenvalue weighted by Crippen LogP contribution is 2.08. The number of hydrogen-bond donors (Lipinski definition) is 1. The lowest BCUT2D eigenvalue weighted by molar-refractivity contribution is -0.120. The Morgan fingerprint density at radius 2 is 2.38 bits per heavy atom. The van der Waals surface area contributed by atoms with Crippen molar-refractivity contribution in [2.45, 2.75) is 58.4 Å². The van der Waals surface area contributed by atoms with Crippen molar-refractivity contribution in [2.24, 2.45) is 4.99 Å². The molecule has 1 aliphatic rings. The molecule has 1 N–H and O–H groups in total. The van der Waals surface area contributed by atoms with E-state index in [0.29, 0.717) is 12.5 Å². The lowest BCUT2D eigenvalue weighted by Crippen LogP contribution is -2.23. The van der Waals surface area contributed by atoms with Gasteiger partial charge >= 0.3 is 0 Å². The molecular weight excluding hydrogens is 200 g/mol. The van der Waals surface area contributed by atoms with Gasteiger partial charge < -0.3 is 5.32 Å². The third kappa shape index (κ3) is 5.10. The molecule has 1 heterocycles. The number of aliphatic imine (C=N–C) groups is 1. The maximum Gasteiger partial charge on any atom is 0.224 e. The summed E-state index contributed by atoms with van der Waals surface area (Å²) in [4.78, 5) is 15.9. The van der Waals surface area contributed by atoms with E-state index in [4.69, 9.17) is 0 Å². The fraction of sp³-hybridized carbons (Fsp3) is 0.692. The Labute approximate surface area is 98.0 Å². The summed E-state index contributed by atoms with van der Waals surface area (Å²) >= 11 is 0. The van der Waals surface area contributed by atoms with Crippen LogP contribution in [0.5, 0.6) is 0 Å². The van der Waals surface area contributed by atoms with Gasteiger partial charge in [0.2, 0.25) is 5.91 Å². The molecule has 0 aromatic carbocycles. The predicted octanol–water partition coefficient (Wildman–Crippen LogP) is 2.82. The van der Waals surface area contributed by atoms with Crippen LogP contribution >= 0.6 is 0 Å². The SMILES string of the molecule is CCCCCC(=O)NC1=CCCC(C)N=C1. The van der Waals surface area contributed by atoms with Crippen LogP contribution in [0, 0.1) is 0 Å². The zero-order valence-electron chi connectivity index (χ0n) is 10.3. The normalized spacial score (nSPS) is 20.1. The van der Waals surface area contributed by atoms with Crippen molar-refractivity contribution in [3.8, 4) is 0 Å². The first kappa shape index (κ1) is 12.9. The zero-order chi connectivity index (χ0) is 11.8. The second-order valence-corrected chi connectivity index (χ2v) is 4.37. The van der Waals surface area contributed by atoms with Crippen molar-refractivity contribution in [3.05, 3.63) is 11.8 Å². The quantitative estimate of drug-likeness (QED) is 0.714. The van der Waals surface area contributed by atoms with Crippen molar-refractivity contribution < 1.29 is 4.79 Å². The van der Waals surface area contributed by atoms with Gasteiger partial charge in [-0.15, -0.1) is 0 Å². The minimum atomic E-state index is 0.112. The molecule has 90 valence electrons. The van der Waals surface area contributed by atoms with Crippen LogP contribution < -0.4 is 5.32 Å². The minimum absolute atomic E-state index is 0.112. The summed E-state index contributed by atoms with van der Waals surface area (Å²) < 4.78 is 0. The smallest absolute Gasteiger partial charge is 0.224 e. The lowest BCUT2D eigenvalue weighted by atomic mass is 10.2. The molecule has 0 spiro atoms. The number of carbonyl (C=O) groups is 1. The number of unbranched alkanes of at least 4 members (excludes halogenated alkanes) is 2. The van der Waals surface area contributed by atoms with Crippen LogP contribution in [-0.4, -0.2) is 18.2 Å². The molecule has 1 atom stereocenters.